The number of aliphatic carboxylic acids is 1. The molecule has 0 radical (unpaired) electrons. The molecular formula is C13H16INO3. The third kappa shape index (κ3) is 4.64. The summed E-state index contributed by atoms with van der Waals surface area (Å²) in [7, 11) is 1.63. The highest BCUT2D eigenvalue weighted by atomic mass is 127. The van der Waals surface area contributed by atoms with Gasteiger partial charge < -0.3 is 10.0 Å². The van der Waals surface area contributed by atoms with Crippen molar-refractivity contribution in [1.82, 2.24) is 4.90 Å². The molecule has 0 bridgehead atoms. The summed E-state index contributed by atoms with van der Waals surface area (Å²) < 4.78 is 1.08. The molecule has 1 unspecified atom stereocenters. The number of rotatable bonds is 5. The van der Waals surface area contributed by atoms with E-state index in [1.165, 1.54) is 4.90 Å². The molecule has 0 heterocycles. The van der Waals surface area contributed by atoms with Crippen LogP contribution in [0, 0.1) is 9.49 Å². The molecule has 1 N–H and O–H groups in total. The molecule has 1 amide bonds. The van der Waals surface area contributed by atoms with E-state index in [2.05, 4.69) is 22.6 Å². The summed E-state index contributed by atoms with van der Waals surface area (Å²) in [4.78, 5) is 24.1. The Labute approximate surface area is 120 Å². The average molecular weight is 361 g/mol. The van der Waals surface area contributed by atoms with E-state index in [1.807, 2.05) is 24.3 Å². The Balaban J connectivity index is 2.57. The summed E-state index contributed by atoms with van der Waals surface area (Å²) in [5, 5.41) is 8.80. The van der Waals surface area contributed by atoms with E-state index in [-0.39, 0.29) is 12.5 Å². The van der Waals surface area contributed by atoms with Crippen LogP contribution in [0.15, 0.2) is 24.3 Å². The maximum atomic E-state index is 11.9. The summed E-state index contributed by atoms with van der Waals surface area (Å²) in [6.07, 6.45) is 0.305. The van der Waals surface area contributed by atoms with Crippen LogP contribution in [0.25, 0.3) is 0 Å². The lowest BCUT2D eigenvalue weighted by Gasteiger charge is -2.19. The topological polar surface area (TPSA) is 57.6 Å². The van der Waals surface area contributed by atoms with Gasteiger partial charge in [0.1, 0.15) is 0 Å². The number of carbonyl (C=O) groups is 2. The minimum Gasteiger partial charge on any atom is -0.481 e. The van der Waals surface area contributed by atoms with Crippen molar-refractivity contribution in [3.05, 3.63) is 33.4 Å². The van der Waals surface area contributed by atoms with Crippen LogP contribution in [0.1, 0.15) is 12.5 Å². The quantitative estimate of drug-likeness (QED) is 0.817. The average Bonchev–Trinajstić information content (AvgIpc) is 2.28. The van der Waals surface area contributed by atoms with Gasteiger partial charge in [-0.3, -0.25) is 9.59 Å². The largest absolute Gasteiger partial charge is 0.481 e. The molecule has 0 aliphatic carbocycles. The second kappa shape index (κ2) is 6.72. The van der Waals surface area contributed by atoms with Gasteiger partial charge in [0.15, 0.2) is 0 Å². The van der Waals surface area contributed by atoms with Crippen LogP contribution in [0.2, 0.25) is 0 Å². The molecular weight excluding hydrogens is 345 g/mol. The van der Waals surface area contributed by atoms with Crippen molar-refractivity contribution in [2.24, 2.45) is 5.92 Å². The number of halogens is 1. The molecule has 0 aliphatic heterocycles. The first-order valence-corrected chi connectivity index (χ1v) is 6.69. The Morgan fingerprint density at radius 2 is 2.11 bits per heavy atom. The van der Waals surface area contributed by atoms with Gasteiger partial charge >= 0.3 is 5.97 Å². The van der Waals surface area contributed by atoms with Crippen LogP contribution >= 0.6 is 22.6 Å². The fourth-order valence-electron chi connectivity index (χ4n) is 1.55. The summed E-state index contributed by atoms with van der Waals surface area (Å²) in [6, 6.07) is 7.72. The predicted molar refractivity (Wildman–Crippen MR) is 77.3 cm³/mol. The van der Waals surface area contributed by atoms with Gasteiger partial charge in [-0.15, -0.1) is 0 Å². The molecule has 0 saturated carbocycles. The Hall–Kier alpha value is -1.11. The molecule has 1 atom stereocenters. The summed E-state index contributed by atoms with van der Waals surface area (Å²) >= 11 is 2.20. The third-order valence-electron chi connectivity index (χ3n) is 2.64. The number of carbonyl (C=O) groups excluding carboxylic acids is 1. The lowest BCUT2D eigenvalue weighted by Crippen LogP contribution is -2.34. The highest BCUT2D eigenvalue weighted by Gasteiger charge is 2.17. The highest BCUT2D eigenvalue weighted by molar-refractivity contribution is 14.1. The Morgan fingerprint density at radius 3 is 2.67 bits per heavy atom. The van der Waals surface area contributed by atoms with Gasteiger partial charge in [-0.2, -0.15) is 0 Å². The summed E-state index contributed by atoms with van der Waals surface area (Å²) in [5.74, 6) is -1.50. The number of likely N-dealkylation sites (N-methyl/N-ethyl adjacent to an activating group) is 1. The van der Waals surface area contributed by atoms with Crippen molar-refractivity contribution >= 4 is 34.5 Å². The van der Waals surface area contributed by atoms with E-state index in [4.69, 9.17) is 5.11 Å². The molecule has 0 fully saturated rings. The lowest BCUT2D eigenvalue weighted by molar-refractivity contribution is -0.142. The van der Waals surface area contributed by atoms with Gasteiger partial charge in [-0.05, 0) is 40.3 Å². The maximum Gasteiger partial charge on any atom is 0.308 e. The number of hydrogen-bond acceptors (Lipinski definition) is 2. The third-order valence-corrected chi connectivity index (χ3v) is 3.31. The lowest BCUT2D eigenvalue weighted by atomic mass is 10.1. The molecule has 0 aromatic heterocycles. The van der Waals surface area contributed by atoms with Crippen LogP contribution in [-0.4, -0.2) is 35.5 Å². The minimum absolute atomic E-state index is 0.0647. The fraction of sp³-hybridized carbons (Fsp3) is 0.385. The van der Waals surface area contributed by atoms with Crippen molar-refractivity contribution in [2.45, 2.75) is 13.3 Å². The number of amides is 1. The Kier molecular flexibility index (Phi) is 5.58. The smallest absolute Gasteiger partial charge is 0.308 e. The number of carboxylic acid groups (broad SMARTS) is 1. The molecule has 0 aliphatic rings. The van der Waals surface area contributed by atoms with Crippen LogP contribution in [0.5, 0.6) is 0 Å². The zero-order valence-electron chi connectivity index (χ0n) is 10.4. The molecule has 5 heteroatoms. The normalized spacial score (nSPS) is 11.9. The van der Waals surface area contributed by atoms with Crippen molar-refractivity contribution in [3.63, 3.8) is 0 Å². The molecule has 0 spiro atoms. The van der Waals surface area contributed by atoms with E-state index in [0.29, 0.717) is 6.42 Å². The van der Waals surface area contributed by atoms with Gasteiger partial charge in [-0.25, -0.2) is 0 Å². The first-order chi connectivity index (χ1) is 8.40. The molecule has 18 heavy (non-hydrogen) atoms. The van der Waals surface area contributed by atoms with Crippen LogP contribution in [-0.2, 0) is 16.0 Å². The maximum absolute atomic E-state index is 11.9. The summed E-state index contributed by atoms with van der Waals surface area (Å²) in [6.45, 7) is 1.83. The van der Waals surface area contributed by atoms with Crippen molar-refractivity contribution < 1.29 is 14.7 Å². The minimum atomic E-state index is -0.885. The van der Waals surface area contributed by atoms with Crippen molar-refractivity contribution in [1.29, 1.82) is 0 Å². The van der Waals surface area contributed by atoms with E-state index < -0.39 is 11.9 Å². The van der Waals surface area contributed by atoms with Crippen LogP contribution in [0.4, 0.5) is 0 Å². The number of hydrogen-bond donors (Lipinski definition) is 1. The number of nitrogens with zero attached hydrogens (tertiary/aromatic N) is 1. The molecule has 1 rings (SSSR count). The fourth-order valence-corrected chi connectivity index (χ4v) is 2.15. The van der Waals surface area contributed by atoms with Gasteiger partial charge in [0, 0.05) is 17.2 Å². The molecule has 1 aromatic carbocycles. The van der Waals surface area contributed by atoms with Crippen molar-refractivity contribution in [3.8, 4) is 0 Å². The van der Waals surface area contributed by atoms with Gasteiger partial charge in [-0.1, -0.05) is 19.1 Å². The summed E-state index contributed by atoms with van der Waals surface area (Å²) in [5.41, 5.74) is 0.946. The van der Waals surface area contributed by atoms with Crippen LogP contribution < -0.4 is 0 Å². The van der Waals surface area contributed by atoms with E-state index in [9.17, 15) is 9.59 Å². The zero-order valence-corrected chi connectivity index (χ0v) is 12.5. The van der Waals surface area contributed by atoms with E-state index >= 15 is 0 Å². The molecule has 98 valence electrons. The Morgan fingerprint density at radius 1 is 1.44 bits per heavy atom. The SMILES string of the molecule is CC(CN(C)C(=O)Cc1cccc(I)c1)C(=O)O. The first-order valence-electron chi connectivity index (χ1n) is 5.61. The van der Waals surface area contributed by atoms with Gasteiger partial charge in [0.25, 0.3) is 0 Å². The van der Waals surface area contributed by atoms with E-state index in [0.717, 1.165) is 9.13 Å². The number of carboxylic acids is 1. The van der Waals surface area contributed by atoms with Gasteiger partial charge in [0.2, 0.25) is 5.91 Å². The zero-order chi connectivity index (χ0) is 13.7. The van der Waals surface area contributed by atoms with Crippen LogP contribution in [0.3, 0.4) is 0 Å². The van der Waals surface area contributed by atoms with Gasteiger partial charge in [0.05, 0.1) is 12.3 Å². The molecule has 4 nitrogen and oxygen atoms in total. The molecule has 0 saturated heterocycles. The predicted octanol–water partition coefficient (Wildman–Crippen LogP) is 2.01. The van der Waals surface area contributed by atoms with Crippen molar-refractivity contribution in [2.75, 3.05) is 13.6 Å². The Bertz CT molecular complexity index is 448. The number of benzene rings is 1. The second-order valence-electron chi connectivity index (χ2n) is 4.32. The van der Waals surface area contributed by atoms with E-state index in [1.54, 1.807) is 14.0 Å². The second-order valence-corrected chi connectivity index (χ2v) is 5.57. The highest BCUT2D eigenvalue weighted by Crippen LogP contribution is 2.10. The standard InChI is InChI=1S/C13H16INO3/c1-9(13(17)18)8-15(2)12(16)7-10-4-3-5-11(14)6-10/h3-6,9H,7-8H2,1-2H3,(H,17,18). The monoisotopic (exact) mass is 361 g/mol. The first kappa shape index (κ1) is 14.9. The molecule has 1 aromatic rings.